The molecule has 0 aliphatic carbocycles. The molecule has 1 aromatic heterocycles. The summed E-state index contributed by atoms with van der Waals surface area (Å²) in [5, 5.41) is 14.6. The third-order valence-corrected chi connectivity index (χ3v) is 5.84. The molecule has 1 saturated heterocycles. The van der Waals surface area contributed by atoms with Gasteiger partial charge in [-0.05, 0) is 18.2 Å². The van der Waals surface area contributed by atoms with Gasteiger partial charge < -0.3 is 0 Å². The van der Waals surface area contributed by atoms with E-state index >= 15 is 0 Å². The highest BCUT2D eigenvalue weighted by Gasteiger charge is 2.29. The van der Waals surface area contributed by atoms with Gasteiger partial charge in [0, 0.05) is 26.2 Å². The summed E-state index contributed by atoms with van der Waals surface area (Å²) in [6, 6.07) is 4.93. The van der Waals surface area contributed by atoms with Gasteiger partial charge in [-0.1, -0.05) is 6.07 Å². The molecule has 0 N–H and O–H groups in total. The van der Waals surface area contributed by atoms with Crippen molar-refractivity contribution in [2.24, 2.45) is 0 Å². The van der Waals surface area contributed by atoms with E-state index in [-0.39, 0.29) is 23.7 Å². The minimum atomic E-state index is -3.73. The molecular formula is C14H16FN5O4S. The predicted octanol–water partition coefficient (Wildman–Crippen LogP) is 0.894. The standard InChI is InChI=1S/C14H16FN5O4S/c15-12-2-1-3-14(8-12)25(23,24)19-6-4-17(5-7-19)11-18-10-13(9-16-18)20(21)22/h1-3,8-10H,4-7,11H2. The summed E-state index contributed by atoms with van der Waals surface area (Å²) in [6.45, 7) is 1.73. The summed E-state index contributed by atoms with van der Waals surface area (Å²) < 4.78 is 41.1. The lowest BCUT2D eigenvalue weighted by molar-refractivity contribution is -0.385. The van der Waals surface area contributed by atoms with Gasteiger partial charge in [0.15, 0.2) is 0 Å². The molecule has 9 nitrogen and oxygen atoms in total. The quantitative estimate of drug-likeness (QED) is 0.573. The summed E-state index contributed by atoms with van der Waals surface area (Å²) in [6.07, 6.45) is 2.50. The molecule has 1 fully saturated rings. The molecule has 25 heavy (non-hydrogen) atoms. The van der Waals surface area contributed by atoms with Gasteiger partial charge in [-0.2, -0.15) is 9.40 Å². The fourth-order valence-corrected chi connectivity index (χ4v) is 4.07. The van der Waals surface area contributed by atoms with Crippen molar-refractivity contribution in [1.29, 1.82) is 0 Å². The highest BCUT2D eigenvalue weighted by atomic mass is 32.2. The Balaban J connectivity index is 1.62. The second kappa shape index (κ2) is 6.86. The van der Waals surface area contributed by atoms with Crippen molar-refractivity contribution >= 4 is 15.7 Å². The summed E-state index contributed by atoms with van der Waals surface area (Å²) in [4.78, 5) is 12.0. The van der Waals surface area contributed by atoms with Gasteiger partial charge in [0.1, 0.15) is 18.2 Å². The van der Waals surface area contributed by atoms with Crippen LogP contribution < -0.4 is 0 Å². The number of aromatic nitrogens is 2. The molecule has 2 heterocycles. The molecule has 0 saturated carbocycles. The lowest BCUT2D eigenvalue weighted by Crippen LogP contribution is -2.48. The van der Waals surface area contributed by atoms with Gasteiger partial charge in [-0.15, -0.1) is 0 Å². The van der Waals surface area contributed by atoms with Crippen LogP contribution in [0.15, 0.2) is 41.6 Å². The Kier molecular flexibility index (Phi) is 4.79. The molecule has 3 rings (SSSR count). The Hall–Kier alpha value is -2.37. The Morgan fingerprint density at radius 1 is 1.24 bits per heavy atom. The molecule has 2 aromatic rings. The van der Waals surface area contributed by atoms with Gasteiger partial charge in [-0.3, -0.25) is 19.7 Å². The van der Waals surface area contributed by atoms with Crippen molar-refractivity contribution in [1.82, 2.24) is 19.0 Å². The van der Waals surface area contributed by atoms with Gasteiger partial charge >= 0.3 is 5.69 Å². The van der Waals surface area contributed by atoms with Crippen molar-refractivity contribution in [3.63, 3.8) is 0 Å². The Morgan fingerprint density at radius 2 is 1.96 bits per heavy atom. The van der Waals surface area contributed by atoms with E-state index in [0.717, 1.165) is 6.07 Å². The second-order valence-electron chi connectivity index (χ2n) is 5.62. The lowest BCUT2D eigenvalue weighted by atomic mass is 10.4. The Morgan fingerprint density at radius 3 is 2.56 bits per heavy atom. The molecule has 0 atom stereocenters. The summed E-state index contributed by atoms with van der Waals surface area (Å²) in [7, 11) is -3.73. The minimum absolute atomic E-state index is 0.0661. The average Bonchev–Trinajstić information content (AvgIpc) is 3.04. The normalized spacial score (nSPS) is 16.8. The predicted molar refractivity (Wildman–Crippen MR) is 85.6 cm³/mol. The SMILES string of the molecule is O=[N+]([O-])c1cnn(CN2CCN(S(=O)(=O)c3cccc(F)c3)CC2)c1. The number of halogens is 1. The highest BCUT2D eigenvalue weighted by molar-refractivity contribution is 7.89. The number of rotatable bonds is 5. The maximum atomic E-state index is 13.3. The third-order valence-electron chi connectivity index (χ3n) is 3.94. The molecular weight excluding hydrogens is 353 g/mol. The first-order chi connectivity index (χ1) is 11.9. The molecule has 1 aromatic carbocycles. The first-order valence-electron chi connectivity index (χ1n) is 7.51. The molecule has 0 amide bonds. The van der Waals surface area contributed by atoms with Gasteiger partial charge in [-0.25, -0.2) is 12.8 Å². The van der Waals surface area contributed by atoms with Crippen LogP contribution in [-0.4, -0.2) is 58.5 Å². The zero-order chi connectivity index (χ0) is 18.0. The number of benzene rings is 1. The largest absolute Gasteiger partial charge is 0.307 e. The van der Waals surface area contributed by atoms with Crippen LogP contribution in [0.5, 0.6) is 0 Å². The van der Waals surface area contributed by atoms with Crippen LogP contribution in [0.1, 0.15) is 0 Å². The average molecular weight is 369 g/mol. The van der Waals surface area contributed by atoms with E-state index in [1.807, 2.05) is 4.90 Å². The zero-order valence-corrected chi connectivity index (χ0v) is 14.0. The van der Waals surface area contributed by atoms with E-state index in [4.69, 9.17) is 0 Å². The summed E-state index contributed by atoms with van der Waals surface area (Å²) in [5.74, 6) is -0.597. The number of nitro groups is 1. The van der Waals surface area contributed by atoms with Gasteiger partial charge in [0.25, 0.3) is 0 Å². The Labute approximate surface area is 143 Å². The van der Waals surface area contributed by atoms with E-state index in [0.29, 0.717) is 19.8 Å². The monoisotopic (exact) mass is 369 g/mol. The van der Waals surface area contributed by atoms with Crippen LogP contribution in [0.2, 0.25) is 0 Å². The number of nitrogens with zero attached hydrogens (tertiary/aromatic N) is 5. The van der Waals surface area contributed by atoms with Crippen LogP contribution in [0, 0.1) is 15.9 Å². The van der Waals surface area contributed by atoms with E-state index in [2.05, 4.69) is 5.10 Å². The number of hydrogen-bond acceptors (Lipinski definition) is 6. The maximum Gasteiger partial charge on any atom is 0.307 e. The third kappa shape index (κ3) is 3.83. The van der Waals surface area contributed by atoms with Crippen LogP contribution in [0.3, 0.4) is 0 Å². The van der Waals surface area contributed by atoms with E-state index in [1.165, 1.54) is 39.6 Å². The first-order valence-corrected chi connectivity index (χ1v) is 8.95. The van der Waals surface area contributed by atoms with Crippen LogP contribution in [-0.2, 0) is 16.7 Å². The number of sulfonamides is 1. The van der Waals surface area contributed by atoms with Crippen molar-refractivity contribution in [3.05, 3.63) is 52.6 Å². The van der Waals surface area contributed by atoms with E-state index in [9.17, 15) is 22.9 Å². The fourth-order valence-electron chi connectivity index (χ4n) is 2.62. The van der Waals surface area contributed by atoms with Crippen molar-refractivity contribution < 1.29 is 17.7 Å². The highest BCUT2D eigenvalue weighted by Crippen LogP contribution is 2.19. The van der Waals surface area contributed by atoms with Crippen LogP contribution in [0.4, 0.5) is 10.1 Å². The smallest absolute Gasteiger partial charge is 0.282 e. The van der Waals surface area contributed by atoms with E-state index < -0.39 is 20.8 Å². The van der Waals surface area contributed by atoms with Crippen molar-refractivity contribution in [2.75, 3.05) is 26.2 Å². The molecule has 1 aliphatic rings. The van der Waals surface area contributed by atoms with Crippen molar-refractivity contribution in [2.45, 2.75) is 11.6 Å². The Bertz CT molecular complexity index is 877. The molecule has 1 aliphatic heterocycles. The zero-order valence-electron chi connectivity index (χ0n) is 13.2. The van der Waals surface area contributed by atoms with Crippen molar-refractivity contribution in [3.8, 4) is 0 Å². The molecule has 0 spiro atoms. The molecule has 0 radical (unpaired) electrons. The number of piperazine rings is 1. The number of hydrogen-bond donors (Lipinski definition) is 0. The summed E-state index contributed by atoms with van der Waals surface area (Å²) >= 11 is 0. The van der Waals surface area contributed by atoms with Crippen LogP contribution in [0.25, 0.3) is 0 Å². The van der Waals surface area contributed by atoms with Crippen LogP contribution >= 0.6 is 0 Å². The van der Waals surface area contributed by atoms with Gasteiger partial charge in [0.2, 0.25) is 10.0 Å². The molecule has 0 unspecified atom stereocenters. The first kappa shape index (κ1) is 17.5. The topological polar surface area (TPSA) is 102 Å². The maximum absolute atomic E-state index is 13.3. The summed E-state index contributed by atoms with van der Waals surface area (Å²) in [5.41, 5.74) is -0.0904. The molecule has 134 valence electrons. The lowest BCUT2D eigenvalue weighted by Gasteiger charge is -2.33. The minimum Gasteiger partial charge on any atom is -0.282 e. The molecule has 0 bridgehead atoms. The fraction of sp³-hybridized carbons (Fsp3) is 0.357. The molecule has 11 heteroatoms. The van der Waals surface area contributed by atoms with Gasteiger partial charge in [0.05, 0.1) is 16.5 Å². The van der Waals surface area contributed by atoms with E-state index in [1.54, 1.807) is 0 Å². The second-order valence-corrected chi connectivity index (χ2v) is 7.55.